The van der Waals surface area contributed by atoms with E-state index in [4.69, 9.17) is 17.3 Å². The zero-order valence-corrected chi connectivity index (χ0v) is 13.6. The molecular weight excluding hydrogens is 309 g/mol. The van der Waals surface area contributed by atoms with Crippen molar-refractivity contribution < 1.29 is 4.79 Å². The molecule has 1 atom stereocenters. The highest BCUT2D eigenvalue weighted by Crippen LogP contribution is 2.17. The maximum Gasteiger partial charge on any atom is 0.225 e. The van der Waals surface area contributed by atoms with Crippen molar-refractivity contribution in [1.82, 2.24) is 4.90 Å². The molecular formula is C15H23Cl2N3O. The van der Waals surface area contributed by atoms with Gasteiger partial charge in [-0.2, -0.15) is 0 Å². The SMILES string of the molecule is Cl.NCC1CCCCN1CCC(=O)Nc1cccc(Cl)c1. The van der Waals surface area contributed by atoms with Gasteiger partial charge in [-0.05, 0) is 37.6 Å². The van der Waals surface area contributed by atoms with E-state index in [1.54, 1.807) is 12.1 Å². The molecule has 0 radical (unpaired) electrons. The summed E-state index contributed by atoms with van der Waals surface area (Å²) in [5.41, 5.74) is 6.53. The van der Waals surface area contributed by atoms with Crippen LogP contribution >= 0.6 is 24.0 Å². The Morgan fingerprint density at radius 3 is 2.95 bits per heavy atom. The lowest BCUT2D eigenvalue weighted by Crippen LogP contribution is -2.45. The van der Waals surface area contributed by atoms with Crippen molar-refractivity contribution in [1.29, 1.82) is 0 Å². The highest BCUT2D eigenvalue weighted by atomic mass is 35.5. The topological polar surface area (TPSA) is 58.4 Å². The van der Waals surface area contributed by atoms with Crippen molar-refractivity contribution in [2.45, 2.75) is 31.7 Å². The molecule has 0 spiro atoms. The monoisotopic (exact) mass is 331 g/mol. The molecule has 1 unspecified atom stereocenters. The maximum absolute atomic E-state index is 11.9. The summed E-state index contributed by atoms with van der Waals surface area (Å²) in [5, 5.41) is 3.50. The first-order valence-electron chi connectivity index (χ1n) is 7.18. The number of nitrogens with one attached hydrogen (secondary N) is 1. The highest BCUT2D eigenvalue weighted by molar-refractivity contribution is 6.30. The van der Waals surface area contributed by atoms with Crippen molar-refractivity contribution in [2.24, 2.45) is 5.73 Å². The molecule has 1 aliphatic rings. The molecule has 3 N–H and O–H groups in total. The Morgan fingerprint density at radius 2 is 2.24 bits per heavy atom. The number of rotatable bonds is 5. The Balaban J connectivity index is 0.00000220. The van der Waals surface area contributed by atoms with Gasteiger partial charge in [0.05, 0.1) is 0 Å². The number of hydrogen-bond acceptors (Lipinski definition) is 3. The first-order valence-corrected chi connectivity index (χ1v) is 7.56. The van der Waals surface area contributed by atoms with Gasteiger partial charge >= 0.3 is 0 Å². The quantitative estimate of drug-likeness (QED) is 0.872. The van der Waals surface area contributed by atoms with Gasteiger partial charge in [0.2, 0.25) is 5.91 Å². The van der Waals surface area contributed by atoms with Gasteiger partial charge in [0.1, 0.15) is 0 Å². The summed E-state index contributed by atoms with van der Waals surface area (Å²) in [7, 11) is 0. The standard InChI is InChI=1S/C15H22ClN3O.ClH/c16-12-4-3-5-13(10-12)18-15(20)7-9-19-8-2-1-6-14(19)11-17;/h3-5,10,14H,1-2,6-9,11,17H2,(H,18,20);1H. The zero-order chi connectivity index (χ0) is 14.4. The molecule has 1 fully saturated rings. The van der Waals surface area contributed by atoms with Gasteiger partial charge in [0.15, 0.2) is 0 Å². The molecule has 1 aliphatic heterocycles. The summed E-state index contributed by atoms with van der Waals surface area (Å²) < 4.78 is 0. The van der Waals surface area contributed by atoms with Crippen LogP contribution in [0.15, 0.2) is 24.3 Å². The Hall–Kier alpha value is -0.810. The summed E-state index contributed by atoms with van der Waals surface area (Å²) in [6.45, 7) is 2.50. The second-order valence-electron chi connectivity index (χ2n) is 5.23. The van der Waals surface area contributed by atoms with E-state index in [1.807, 2.05) is 12.1 Å². The first kappa shape index (κ1) is 18.2. The summed E-state index contributed by atoms with van der Waals surface area (Å²) in [6, 6.07) is 7.64. The van der Waals surface area contributed by atoms with Crippen molar-refractivity contribution in [3.63, 3.8) is 0 Å². The molecule has 1 amide bonds. The Bertz CT molecular complexity index is 456. The molecule has 1 heterocycles. The molecule has 1 aromatic rings. The maximum atomic E-state index is 11.9. The lowest BCUT2D eigenvalue weighted by molar-refractivity contribution is -0.116. The molecule has 0 saturated carbocycles. The molecule has 1 saturated heterocycles. The molecule has 0 bridgehead atoms. The second-order valence-corrected chi connectivity index (χ2v) is 5.67. The highest BCUT2D eigenvalue weighted by Gasteiger charge is 2.21. The van der Waals surface area contributed by atoms with Gasteiger partial charge in [-0.15, -0.1) is 12.4 Å². The van der Waals surface area contributed by atoms with Crippen LogP contribution in [0, 0.1) is 0 Å². The Kier molecular flexibility index (Phi) is 8.04. The van der Waals surface area contributed by atoms with Gasteiger partial charge in [-0.3, -0.25) is 9.69 Å². The number of anilines is 1. The number of hydrogen-bond donors (Lipinski definition) is 2. The predicted octanol–water partition coefficient (Wildman–Crippen LogP) is 2.90. The van der Waals surface area contributed by atoms with E-state index in [0.29, 0.717) is 24.0 Å². The van der Waals surface area contributed by atoms with E-state index >= 15 is 0 Å². The van der Waals surface area contributed by atoms with Crippen molar-refractivity contribution >= 4 is 35.6 Å². The third-order valence-electron chi connectivity index (χ3n) is 3.76. The normalized spacial score (nSPS) is 18.9. The number of benzene rings is 1. The lowest BCUT2D eigenvalue weighted by atomic mass is 10.0. The number of halogens is 2. The molecule has 4 nitrogen and oxygen atoms in total. The fourth-order valence-corrected chi connectivity index (χ4v) is 2.85. The summed E-state index contributed by atoms with van der Waals surface area (Å²) in [4.78, 5) is 14.3. The number of likely N-dealkylation sites (tertiary alicyclic amines) is 1. The van der Waals surface area contributed by atoms with E-state index < -0.39 is 0 Å². The smallest absolute Gasteiger partial charge is 0.225 e. The summed E-state index contributed by atoms with van der Waals surface area (Å²) in [5.74, 6) is 0.0219. The molecule has 21 heavy (non-hydrogen) atoms. The zero-order valence-electron chi connectivity index (χ0n) is 12.1. The first-order chi connectivity index (χ1) is 9.69. The second kappa shape index (κ2) is 9.26. The van der Waals surface area contributed by atoms with Crippen LogP contribution in [-0.4, -0.2) is 36.5 Å². The van der Waals surface area contributed by atoms with E-state index in [-0.39, 0.29) is 18.3 Å². The third-order valence-corrected chi connectivity index (χ3v) is 3.99. The number of nitrogens with zero attached hydrogens (tertiary/aromatic N) is 1. The third kappa shape index (κ3) is 5.83. The average Bonchev–Trinajstić information content (AvgIpc) is 2.45. The number of carbonyl (C=O) groups excluding carboxylic acids is 1. The Labute approximate surface area is 137 Å². The van der Waals surface area contributed by atoms with Gasteiger partial charge in [-0.1, -0.05) is 24.1 Å². The molecule has 6 heteroatoms. The molecule has 2 rings (SSSR count). The summed E-state index contributed by atoms with van der Waals surface area (Å²) in [6.07, 6.45) is 4.08. The molecule has 118 valence electrons. The van der Waals surface area contributed by atoms with Crippen molar-refractivity contribution in [2.75, 3.05) is 25.0 Å². The van der Waals surface area contributed by atoms with Crippen molar-refractivity contribution in [3.05, 3.63) is 29.3 Å². The van der Waals surface area contributed by atoms with Gasteiger partial charge in [0.25, 0.3) is 0 Å². The van der Waals surface area contributed by atoms with Crippen molar-refractivity contribution in [3.8, 4) is 0 Å². The minimum atomic E-state index is 0. The number of amides is 1. The van der Waals surface area contributed by atoms with Gasteiger partial charge in [-0.25, -0.2) is 0 Å². The van der Waals surface area contributed by atoms with Crippen LogP contribution in [0.1, 0.15) is 25.7 Å². The number of piperidine rings is 1. The van der Waals surface area contributed by atoms with Crippen LogP contribution in [0.4, 0.5) is 5.69 Å². The van der Waals surface area contributed by atoms with Crippen LogP contribution in [-0.2, 0) is 4.79 Å². The van der Waals surface area contributed by atoms with Crippen LogP contribution in [0.5, 0.6) is 0 Å². The largest absolute Gasteiger partial charge is 0.329 e. The minimum Gasteiger partial charge on any atom is -0.329 e. The minimum absolute atomic E-state index is 0. The summed E-state index contributed by atoms with van der Waals surface area (Å²) >= 11 is 5.89. The van der Waals surface area contributed by atoms with Gasteiger partial charge < -0.3 is 11.1 Å². The fourth-order valence-electron chi connectivity index (χ4n) is 2.66. The van der Waals surface area contributed by atoms with Crippen LogP contribution in [0.25, 0.3) is 0 Å². The van der Waals surface area contributed by atoms with Gasteiger partial charge in [0, 0.05) is 36.3 Å². The van der Waals surface area contributed by atoms with Crippen LogP contribution < -0.4 is 11.1 Å². The average molecular weight is 332 g/mol. The Morgan fingerprint density at radius 1 is 1.43 bits per heavy atom. The lowest BCUT2D eigenvalue weighted by Gasteiger charge is -2.34. The van der Waals surface area contributed by atoms with E-state index in [1.165, 1.54) is 12.8 Å². The van der Waals surface area contributed by atoms with E-state index in [0.717, 1.165) is 25.2 Å². The fraction of sp³-hybridized carbons (Fsp3) is 0.533. The molecule has 1 aromatic carbocycles. The van der Waals surface area contributed by atoms with Crippen LogP contribution in [0.3, 0.4) is 0 Å². The molecule has 0 aromatic heterocycles. The number of carbonyl (C=O) groups is 1. The predicted molar refractivity (Wildman–Crippen MR) is 90.2 cm³/mol. The van der Waals surface area contributed by atoms with E-state index in [9.17, 15) is 4.79 Å². The molecule has 0 aliphatic carbocycles. The van der Waals surface area contributed by atoms with Crippen LogP contribution in [0.2, 0.25) is 5.02 Å². The number of nitrogens with two attached hydrogens (primary N) is 1. The van der Waals surface area contributed by atoms with E-state index in [2.05, 4.69) is 10.2 Å².